The summed E-state index contributed by atoms with van der Waals surface area (Å²) in [6.07, 6.45) is 7.83. The average Bonchev–Trinajstić information content (AvgIpc) is 4.12. The van der Waals surface area contributed by atoms with E-state index >= 15 is 0 Å². The Morgan fingerprint density at radius 1 is 0.726 bits per heavy atom. The van der Waals surface area contributed by atoms with Gasteiger partial charge in [0.25, 0.3) is 11.1 Å². The van der Waals surface area contributed by atoms with Gasteiger partial charge < -0.3 is 29.5 Å². The molecule has 62 heavy (non-hydrogen) atoms. The Kier molecular flexibility index (Phi) is 13.7. The van der Waals surface area contributed by atoms with Crippen LogP contribution >= 0.6 is 0 Å². The summed E-state index contributed by atoms with van der Waals surface area (Å²) in [5.74, 6) is 6.06. The third kappa shape index (κ3) is 9.73. The lowest BCUT2D eigenvalue weighted by Gasteiger charge is -2.21. The summed E-state index contributed by atoms with van der Waals surface area (Å²) in [7, 11) is 1.68. The Morgan fingerprint density at radius 2 is 1.27 bits per heavy atom. The molecular weight excluding hydrogens is 789 g/mol. The Morgan fingerprint density at radius 3 is 1.77 bits per heavy atom. The van der Waals surface area contributed by atoms with Crippen LogP contribution in [0.5, 0.6) is 5.75 Å². The van der Waals surface area contributed by atoms with E-state index in [2.05, 4.69) is 56.1 Å². The Hall–Kier alpha value is -5.55. The highest BCUT2D eigenvalue weighted by Gasteiger charge is 2.34. The lowest BCUT2D eigenvalue weighted by atomic mass is 9.97. The van der Waals surface area contributed by atoms with Crippen molar-refractivity contribution < 1.29 is 19.0 Å². The predicted octanol–water partition coefficient (Wildman–Crippen LogP) is 5.00. The monoisotopic (exact) mass is 846 g/mol. The van der Waals surface area contributed by atoms with Crippen molar-refractivity contribution in [2.24, 2.45) is 11.8 Å². The number of aromatic nitrogens is 8. The van der Waals surface area contributed by atoms with Gasteiger partial charge in [-0.05, 0) is 68.7 Å². The fourth-order valence-corrected chi connectivity index (χ4v) is 9.03. The Labute approximate surface area is 360 Å². The summed E-state index contributed by atoms with van der Waals surface area (Å²) in [6.45, 7) is 13.9. The number of likely N-dealkylation sites (tertiary alicyclic amines) is 1. The number of carbonyl (C=O) groups is 1. The molecule has 4 fully saturated rings. The number of hydrogen-bond acceptors (Lipinski definition) is 12. The summed E-state index contributed by atoms with van der Waals surface area (Å²) in [6, 6.07) is 15.7. The van der Waals surface area contributed by atoms with Crippen LogP contribution in [0.3, 0.4) is 0 Å². The first-order chi connectivity index (χ1) is 30.2. The topological polar surface area (TPSA) is 186 Å². The number of hydrogen-bond donors (Lipinski definition) is 3. The van der Waals surface area contributed by atoms with Crippen LogP contribution in [0.1, 0.15) is 108 Å². The van der Waals surface area contributed by atoms with Gasteiger partial charge in [-0.1, -0.05) is 55.8 Å². The number of aryl methyl sites for hydroxylation is 1. The number of carbonyl (C=O) groups excluding carboxylic acids is 1. The lowest BCUT2D eigenvalue weighted by Crippen LogP contribution is -2.24. The first-order valence-corrected chi connectivity index (χ1v) is 21.9. The van der Waals surface area contributed by atoms with E-state index in [9.17, 15) is 14.4 Å². The third-order valence-corrected chi connectivity index (χ3v) is 12.8. The van der Waals surface area contributed by atoms with Crippen molar-refractivity contribution in [3.8, 4) is 5.75 Å². The molecule has 0 amide bonds. The molecule has 0 radical (unpaired) electrons. The predicted molar refractivity (Wildman–Crippen MR) is 234 cm³/mol. The molecule has 4 aliphatic rings. The Bertz CT molecular complexity index is 2540. The van der Waals surface area contributed by atoms with Crippen molar-refractivity contribution in [2.75, 3.05) is 59.7 Å². The molecule has 4 aromatic heterocycles. The normalized spacial score (nSPS) is 22.3. The second-order valence-electron chi connectivity index (χ2n) is 17.2. The molecule has 2 aromatic carbocycles. The molecule has 4 unspecified atom stereocenters. The number of nitrogens with one attached hydrogen (secondary N) is 3. The highest BCUT2D eigenvalue weighted by atomic mass is 16.5. The molecule has 0 spiro atoms. The summed E-state index contributed by atoms with van der Waals surface area (Å²) in [4.78, 5) is 52.7. The quantitative estimate of drug-likeness (QED) is 0.175. The van der Waals surface area contributed by atoms with E-state index in [1.807, 2.05) is 43.3 Å². The van der Waals surface area contributed by atoms with E-state index < -0.39 is 0 Å². The van der Waals surface area contributed by atoms with Crippen molar-refractivity contribution >= 4 is 17.3 Å². The fourth-order valence-electron chi connectivity index (χ4n) is 9.03. The largest absolute Gasteiger partial charge is 0.497 e. The number of H-pyrrole nitrogens is 2. The van der Waals surface area contributed by atoms with Crippen molar-refractivity contribution in [1.82, 2.24) is 49.4 Å². The van der Waals surface area contributed by atoms with Gasteiger partial charge in [0, 0.05) is 81.8 Å². The summed E-state index contributed by atoms with van der Waals surface area (Å²) < 4.78 is 19.7. The van der Waals surface area contributed by atoms with Gasteiger partial charge in [0.1, 0.15) is 35.3 Å². The van der Waals surface area contributed by atoms with E-state index in [1.165, 1.54) is 11.1 Å². The van der Waals surface area contributed by atoms with Crippen LogP contribution in [0, 0.1) is 18.8 Å². The van der Waals surface area contributed by atoms with Crippen LogP contribution in [-0.2, 0) is 16.0 Å². The molecular formula is C46H58N10O6. The minimum atomic E-state index is -0.114. The molecule has 3 N–H and O–H groups in total. The number of fused-ring (bicyclic) bond motifs is 2. The number of nitrogens with zero attached hydrogens (tertiary/aromatic N) is 7. The molecule has 16 nitrogen and oxygen atoms in total. The highest BCUT2D eigenvalue weighted by Crippen LogP contribution is 2.32. The molecule has 4 saturated heterocycles. The third-order valence-electron chi connectivity index (χ3n) is 12.8. The molecule has 0 aliphatic carbocycles. The SMILES string of the molecule is CC1CNCC1c1nn2c(C3CCOCC3)ncc2c(=O)[nH]1.COc1ccc(CN2CC(C)C(c3nn4c(C5CCOCC5)ncc4c(=O)[nH]3)C2)cc1.Cc1ccc(C=O)cc1. The van der Waals surface area contributed by atoms with Gasteiger partial charge in [-0.3, -0.25) is 19.3 Å². The van der Waals surface area contributed by atoms with Crippen LogP contribution < -0.4 is 21.2 Å². The zero-order valence-electron chi connectivity index (χ0n) is 36.1. The van der Waals surface area contributed by atoms with Crippen LogP contribution in [0.2, 0.25) is 0 Å². The molecule has 10 rings (SSSR count). The van der Waals surface area contributed by atoms with Gasteiger partial charge in [-0.25, -0.2) is 19.0 Å². The highest BCUT2D eigenvalue weighted by molar-refractivity contribution is 5.74. The second-order valence-corrected chi connectivity index (χ2v) is 17.2. The maximum atomic E-state index is 12.8. The van der Waals surface area contributed by atoms with Crippen molar-refractivity contribution in [3.05, 3.63) is 122 Å². The van der Waals surface area contributed by atoms with Crippen LogP contribution in [-0.4, -0.2) is 110 Å². The van der Waals surface area contributed by atoms with E-state index in [4.69, 9.17) is 24.4 Å². The van der Waals surface area contributed by atoms with Gasteiger partial charge in [0.05, 0.1) is 19.5 Å². The van der Waals surface area contributed by atoms with Gasteiger partial charge in [0.2, 0.25) is 0 Å². The number of aldehydes is 1. The minimum absolute atomic E-state index is 0.102. The van der Waals surface area contributed by atoms with Crippen LogP contribution in [0.15, 0.2) is 70.5 Å². The molecule has 4 atom stereocenters. The molecule has 0 saturated carbocycles. The number of benzene rings is 2. The number of methoxy groups -OCH3 is 1. The Balaban J connectivity index is 0.000000147. The first-order valence-electron chi connectivity index (χ1n) is 21.9. The first kappa shape index (κ1) is 43.1. The number of rotatable bonds is 8. The van der Waals surface area contributed by atoms with E-state index in [-0.39, 0.29) is 28.9 Å². The number of ether oxygens (including phenoxy) is 3. The number of imidazole rings is 2. The molecule has 0 bridgehead atoms. The number of aromatic amines is 2. The van der Waals surface area contributed by atoms with Gasteiger partial charge in [-0.15, -0.1) is 0 Å². The van der Waals surface area contributed by atoms with Crippen molar-refractivity contribution in [1.29, 1.82) is 0 Å². The molecule has 8 heterocycles. The molecule has 328 valence electrons. The maximum Gasteiger partial charge on any atom is 0.276 e. The zero-order valence-corrected chi connectivity index (χ0v) is 36.1. The van der Waals surface area contributed by atoms with Crippen LogP contribution in [0.25, 0.3) is 11.0 Å². The molecule has 4 aliphatic heterocycles. The summed E-state index contributed by atoms with van der Waals surface area (Å²) in [5.41, 5.74) is 4.00. The van der Waals surface area contributed by atoms with Gasteiger partial charge in [-0.2, -0.15) is 10.2 Å². The van der Waals surface area contributed by atoms with Crippen LogP contribution in [0.4, 0.5) is 0 Å². The summed E-state index contributed by atoms with van der Waals surface area (Å²) >= 11 is 0. The van der Waals surface area contributed by atoms with E-state index in [1.54, 1.807) is 28.5 Å². The maximum absolute atomic E-state index is 12.8. The fraction of sp³-hybridized carbons (Fsp3) is 0.500. The summed E-state index contributed by atoms with van der Waals surface area (Å²) in [5, 5.41) is 13.0. The standard InChI is InChI=1S/C23H29N5O3.C15H21N5O2.C8H8O/c1-15-12-27(13-16-3-5-18(30-2)6-4-16)14-19(15)21-25-23(29)20-11-24-22(28(20)26-21)17-7-9-31-10-8-17;1-9-6-16-7-11(9)13-18-15(21)12-8-17-14(20(12)19-13)10-2-4-22-5-3-10;1-7-2-4-8(6-9)5-3-7/h3-6,11,15,17,19H,7-10,12-14H2,1-2H3,(H,25,26,29);8-11,16H,2-7H2,1H3,(H,18,19,21);2-6H,1H3. The average molecular weight is 847 g/mol. The van der Waals surface area contributed by atoms with E-state index in [0.29, 0.717) is 28.8 Å². The van der Waals surface area contributed by atoms with Gasteiger partial charge >= 0.3 is 0 Å². The molecule has 6 aromatic rings. The zero-order chi connectivity index (χ0) is 43.2. The lowest BCUT2D eigenvalue weighted by molar-refractivity contribution is 0.0831. The second kappa shape index (κ2) is 19.7. The smallest absolute Gasteiger partial charge is 0.276 e. The van der Waals surface area contributed by atoms with Crippen molar-refractivity contribution in [2.45, 2.75) is 76.7 Å². The van der Waals surface area contributed by atoms with E-state index in [0.717, 1.165) is 126 Å². The van der Waals surface area contributed by atoms with Gasteiger partial charge in [0.15, 0.2) is 11.0 Å². The molecule has 16 heteroatoms. The minimum Gasteiger partial charge on any atom is -0.497 e. The van der Waals surface area contributed by atoms with Crippen molar-refractivity contribution in [3.63, 3.8) is 0 Å².